The Labute approximate surface area is 188 Å². The number of rotatable bonds is 10. The van der Waals surface area contributed by atoms with Crippen molar-refractivity contribution in [2.45, 2.75) is 24.7 Å². The molecule has 0 aromatic heterocycles. The fourth-order valence-electron chi connectivity index (χ4n) is 2.34. The predicted octanol–water partition coefficient (Wildman–Crippen LogP) is 3.16. The standard InChI is InChI=1S/C18H28BrN3O3S.HI/c1-3-20-18(22(2)11-12-25-14-15-4-5-15)21-10-13-26(23,24)17-8-6-16(19)7-9-17;/h6-9,15H,3-5,10-14H2,1-2H3,(H,20,21);1H. The summed E-state index contributed by atoms with van der Waals surface area (Å²) in [5.41, 5.74) is 0. The molecule has 1 aromatic carbocycles. The van der Waals surface area contributed by atoms with Crippen LogP contribution in [0.25, 0.3) is 0 Å². The lowest BCUT2D eigenvalue weighted by atomic mass is 10.4. The summed E-state index contributed by atoms with van der Waals surface area (Å²) in [6, 6.07) is 6.68. The Bertz CT molecular complexity index is 694. The summed E-state index contributed by atoms with van der Waals surface area (Å²) in [7, 11) is -1.40. The van der Waals surface area contributed by atoms with Crippen molar-refractivity contribution in [2.24, 2.45) is 10.9 Å². The van der Waals surface area contributed by atoms with E-state index in [9.17, 15) is 8.42 Å². The molecule has 0 saturated heterocycles. The van der Waals surface area contributed by atoms with Gasteiger partial charge in [-0.05, 0) is 49.9 Å². The minimum Gasteiger partial charge on any atom is -0.379 e. The minimum absolute atomic E-state index is 0. The van der Waals surface area contributed by atoms with Gasteiger partial charge in [0.1, 0.15) is 0 Å². The molecule has 1 aliphatic carbocycles. The molecule has 0 aliphatic heterocycles. The zero-order valence-electron chi connectivity index (χ0n) is 15.9. The molecule has 6 nitrogen and oxygen atoms in total. The maximum absolute atomic E-state index is 12.4. The van der Waals surface area contributed by atoms with E-state index in [2.05, 4.69) is 26.2 Å². The van der Waals surface area contributed by atoms with Crippen molar-refractivity contribution in [2.75, 3.05) is 45.6 Å². The van der Waals surface area contributed by atoms with Crippen LogP contribution < -0.4 is 5.32 Å². The van der Waals surface area contributed by atoms with Crippen LogP contribution in [0.1, 0.15) is 19.8 Å². The summed E-state index contributed by atoms with van der Waals surface area (Å²) >= 11 is 3.31. The van der Waals surface area contributed by atoms with Gasteiger partial charge < -0.3 is 15.0 Å². The van der Waals surface area contributed by atoms with Gasteiger partial charge in [-0.15, -0.1) is 24.0 Å². The Morgan fingerprint density at radius 1 is 1.33 bits per heavy atom. The van der Waals surface area contributed by atoms with Crippen molar-refractivity contribution < 1.29 is 13.2 Å². The summed E-state index contributed by atoms with van der Waals surface area (Å²) in [4.78, 5) is 6.75. The first-order valence-corrected chi connectivity index (χ1v) is 11.4. The van der Waals surface area contributed by atoms with Crippen LogP contribution >= 0.6 is 39.9 Å². The number of hydrogen-bond acceptors (Lipinski definition) is 4. The second kappa shape index (κ2) is 12.2. The van der Waals surface area contributed by atoms with Crippen molar-refractivity contribution in [3.63, 3.8) is 0 Å². The van der Waals surface area contributed by atoms with Crippen molar-refractivity contribution in [1.29, 1.82) is 0 Å². The van der Waals surface area contributed by atoms with Gasteiger partial charge in [-0.2, -0.15) is 0 Å². The van der Waals surface area contributed by atoms with E-state index in [0.717, 1.165) is 30.1 Å². The van der Waals surface area contributed by atoms with Gasteiger partial charge in [0, 0.05) is 31.2 Å². The van der Waals surface area contributed by atoms with Gasteiger partial charge in [0.05, 0.1) is 23.8 Å². The summed E-state index contributed by atoms with van der Waals surface area (Å²) in [5.74, 6) is 1.44. The first-order chi connectivity index (χ1) is 12.4. The van der Waals surface area contributed by atoms with E-state index in [1.807, 2.05) is 18.9 Å². The van der Waals surface area contributed by atoms with E-state index in [4.69, 9.17) is 4.74 Å². The summed E-state index contributed by atoms with van der Waals surface area (Å²) in [6.45, 7) is 5.14. The van der Waals surface area contributed by atoms with Gasteiger partial charge in [-0.25, -0.2) is 8.42 Å². The normalized spacial score (nSPS) is 14.6. The Kier molecular flexibility index (Phi) is 11.2. The number of halogens is 2. The molecule has 2 rings (SSSR count). The molecule has 0 amide bonds. The first-order valence-electron chi connectivity index (χ1n) is 8.98. The molecule has 1 fully saturated rings. The molecule has 27 heavy (non-hydrogen) atoms. The highest BCUT2D eigenvalue weighted by Crippen LogP contribution is 2.28. The maximum Gasteiger partial charge on any atom is 0.193 e. The lowest BCUT2D eigenvalue weighted by Crippen LogP contribution is -2.41. The van der Waals surface area contributed by atoms with E-state index in [1.165, 1.54) is 12.8 Å². The highest BCUT2D eigenvalue weighted by Gasteiger charge is 2.21. The second-order valence-corrected chi connectivity index (χ2v) is 9.47. The van der Waals surface area contributed by atoms with E-state index in [-0.39, 0.29) is 36.3 Å². The first kappa shape index (κ1) is 24.6. The number of nitrogens with zero attached hydrogens (tertiary/aromatic N) is 2. The largest absolute Gasteiger partial charge is 0.379 e. The Balaban J connectivity index is 0.00000364. The minimum atomic E-state index is -3.34. The number of benzene rings is 1. The average molecular weight is 574 g/mol. The third kappa shape index (κ3) is 9.10. The molecular formula is C18H29BrIN3O3S. The molecule has 0 unspecified atom stereocenters. The van der Waals surface area contributed by atoms with Gasteiger partial charge in [-0.3, -0.25) is 4.99 Å². The maximum atomic E-state index is 12.4. The van der Waals surface area contributed by atoms with Crippen molar-refractivity contribution in [3.8, 4) is 0 Å². The topological polar surface area (TPSA) is 71.0 Å². The number of hydrogen-bond donors (Lipinski definition) is 1. The van der Waals surface area contributed by atoms with Crippen LogP contribution in [-0.2, 0) is 14.6 Å². The van der Waals surface area contributed by atoms with E-state index in [0.29, 0.717) is 17.5 Å². The van der Waals surface area contributed by atoms with E-state index >= 15 is 0 Å². The fraction of sp³-hybridized carbons (Fsp3) is 0.611. The van der Waals surface area contributed by atoms with Crippen LogP contribution in [0.15, 0.2) is 38.6 Å². The molecule has 0 atom stereocenters. The van der Waals surface area contributed by atoms with Crippen molar-refractivity contribution in [1.82, 2.24) is 10.2 Å². The molecule has 1 aliphatic rings. The molecule has 0 heterocycles. The van der Waals surface area contributed by atoms with Crippen molar-refractivity contribution in [3.05, 3.63) is 28.7 Å². The summed E-state index contributed by atoms with van der Waals surface area (Å²) in [6.07, 6.45) is 2.57. The third-order valence-electron chi connectivity index (χ3n) is 4.11. The van der Waals surface area contributed by atoms with E-state index in [1.54, 1.807) is 24.3 Å². The van der Waals surface area contributed by atoms with Crippen LogP contribution in [0.5, 0.6) is 0 Å². The van der Waals surface area contributed by atoms with Crippen LogP contribution in [-0.4, -0.2) is 64.9 Å². The molecule has 9 heteroatoms. The number of guanidine groups is 1. The highest BCUT2D eigenvalue weighted by molar-refractivity contribution is 14.0. The number of nitrogens with one attached hydrogen (secondary N) is 1. The van der Waals surface area contributed by atoms with Gasteiger partial charge in [0.2, 0.25) is 0 Å². The second-order valence-electron chi connectivity index (χ2n) is 6.45. The number of ether oxygens (including phenoxy) is 1. The smallest absolute Gasteiger partial charge is 0.193 e. The summed E-state index contributed by atoms with van der Waals surface area (Å²) < 4.78 is 31.3. The van der Waals surface area contributed by atoms with Crippen LogP contribution in [0, 0.1) is 5.92 Å². The zero-order chi connectivity index (χ0) is 19.0. The third-order valence-corrected chi connectivity index (χ3v) is 6.35. The summed E-state index contributed by atoms with van der Waals surface area (Å²) in [5, 5.41) is 3.20. The average Bonchev–Trinajstić information content (AvgIpc) is 3.42. The Morgan fingerprint density at radius 3 is 2.59 bits per heavy atom. The van der Waals surface area contributed by atoms with Crippen LogP contribution in [0.4, 0.5) is 0 Å². The number of sulfone groups is 1. The quantitative estimate of drug-likeness (QED) is 0.201. The number of likely N-dealkylation sites (N-methyl/N-ethyl adjacent to an activating group) is 1. The Hall–Kier alpha value is -0.390. The Morgan fingerprint density at radius 2 is 2.00 bits per heavy atom. The van der Waals surface area contributed by atoms with Crippen LogP contribution in [0.2, 0.25) is 0 Å². The number of aliphatic imine (C=N–C) groups is 1. The van der Waals surface area contributed by atoms with Gasteiger partial charge >= 0.3 is 0 Å². The van der Waals surface area contributed by atoms with Gasteiger partial charge in [0.25, 0.3) is 0 Å². The molecule has 1 N–H and O–H groups in total. The van der Waals surface area contributed by atoms with Gasteiger partial charge in [-0.1, -0.05) is 15.9 Å². The molecule has 0 bridgehead atoms. The molecular weight excluding hydrogens is 545 g/mol. The fourth-order valence-corrected chi connectivity index (χ4v) is 3.73. The molecule has 0 spiro atoms. The monoisotopic (exact) mass is 573 g/mol. The molecule has 154 valence electrons. The van der Waals surface area contributed by atoms with Crippen LogP contribution in [0.3, 0.4) is 0 Å². The molecule has 1 saturated carbocycles. The lowest BCUT2D eigenvalue weighted by molar-refractivity contribution is 0.115. The molecule has 0 radical (unpaired) electrons. The SMILES string of the molecule is CCNC(=NCCS(=O)(=O)c1ccc(Br)cc1)N(C)CCOCC1CC1.I. The van der Waals surface area contributed by atoms with Crippen molar-refractivity contribution >= 4 is 55.7 Å². The lowest BCUT2D eigenvalue weighted by Gasteiger charge is -2.22. The van der Waals surface area contributed by atoms with Gasteiger partial charge in [0.15, 0.2) is 15.8 Å². The zero-order valence-corrected chi connectivity index (χ0v) is 20.6. The highest BCUT2D eigenvalue weighted by atomic mass is 127. The molecule has 1 aromatic rings. The van der Waals surface area contributed by atoms with E-state index < -0.39 is 9.84 Å². The predicted molar refractivity (Wildman–Crippen MR) is 124 cm³/mol.